The summed E-state index contributed by atoms with van der Waals surface area (Å²) in [5.74, 6) is -0.206. The molecule has 11 heteroatoms. The summed E-state index contributed by atoms with van der Waals surface area (Å²) in [4.78, 5) is 13.0. The molecule has 0 fully saturated rings. The zero-order valence-electron chi connectivity index (χ0n) is 32.8. The van der Waals surface area contributed by atoms with Gasteiger partial charge in [0.25, 0.3) is 0 Å². The van der Waals surface area contributed by atoms with Gasteiger partial charge in [0.2, 0.25) is 0 Å². The molecule has 0 spiro atoms. The standard InChI is InChI=1S/2C25H19N3OS.Zn/c2*29-24-16-15-21(17-19(24)18-26-20-9-3-1-4-10-20)27-28-23-13-7-8-14-25(23)30-22-11-5-2-6-12-22;/h2*1-18,29H;/q;;+2/p-2. The van der Waals surface area contributed by atoms with Crippen LogP contribution in [0.3, 0.4) is 0 Å². The van der Waals surface area contributed by atoms with E-state index in [-0.39, 0.29) is 31.0 Å². The molecule has 0 atom stereocenters. The normalized spacial score (nSPS) is 11.1. The van der Waals surface area contributed by atoms with E-state index in [0.717, 1.165) is 42.3 Å². The van der Waals surface area contributed by atoms with Crippen LogP contribution in [0.15, 0.2) is 256 Å². The van der Waals surface area contributed by atoms with Crippen molar-refractivity contribution in [3.05, 3.63) is 217 Å². The molecule has 8 rings (SSSR count). The SMILES string of the molecule is [O-]c1ccc(N=Nc2ccccc2Sc2ccccc2)cc1C=Nc1ccccc1.[O-]c1ccc(N=Nc2ccccc2Sc2ccccc2)cc1C=Nc1ccccc1.[Zn+2]. The molecule has 0 aliphatic carbocycles. The molecule has 8 nitrogen and oxygen atoms in total. The second kappa shape index (κ2) is 23.1. The van der Waals surface area contributed by atoms with Crippen LogP contribution < -0.4 is 10.2 Å². The smallest absolute Gasteiger partial charge is 0.872 e. The number of rotatable bonds is 12. The molecule has 0 aromatic heterocycles. The molecule has 0 saturated heterocycles. The Morgan fingerprint density at radius 1 is 0.344 bits per heavy atom. The Hall–Kier alpha value is -6.78. The van der Waals surface area contributed by atoms with Crippen molar-refractivity contribution in [1.82, 2.24) is 0 Å². The molecule has 0 radical (unpaired) electrons. The summed E-state index contributed by atoms with van der Waals surface area (Å²) in [5.41, 5.74) is 5.28. The maximum Gasteiger partial charge on any atom is 2.00 e. The van der Waals surface area contributed by atoms with Gasteiger partial charge < -0.3 is 10.2 Å². The Kier molecular flexibility index (Phi) is 16.6. The van der Waals surface area contributed by atoms with Gasteiger partial charge in [-0.1, -0.05) is 144 Å². The van der Waals surface area contributed by atoms with Crippen LogP contribution >= 0.6 is 23.5 Å². The van der Waals surface area contributed by atoms with E-state index in [4.69, 9.17) is 0 Å². The van der Waals surface area contributed by atoms with Crippen LogP contribution in [0.4, 0.5) is 34.1 Å². The first-order valence-electron chi connectivity index (χ1n) is 18.8. The van der Waals surface area contributed by atoms with Gasteiger partial charge in [0.1, 0.15) is 0 Å². The summed E-state index contributed by atoms with van der Waals surface area (Å²) in [7, 11) is 0. The second-order valence-corrected chi connectivity index (χ2v) is 15.0. The fourth-order valence-corrected chi connectivity index (χ4v) is 7.23. The van der Waals surface area contributed by atoms with E-state index in [0.29, 0.717) is 22.5 Å². The number of hydrogen-bond donors (Lipinski definition) is 0. The van der Waals surface area contributed by atoms with E-state index < -0.39 is 0 Å². The zero-order chi connectivity index (χ0) is 41.2. The molecule has 61 heavy (non-hydrogen) atoms. The molecule has 8 aromatic carbocycles. The van der Waals surface area contributed by atoms with E-state index >= 15 is 0 Å². The average Bonchev–Trinajstić information content (AvgIpc) is 3.30. The summed E-state index contributed by atoms with van der Waals surface area (Å²) in [5, 5.41) is 41.8. The summed E-state index contributed by atoms with van der Waals surface area (Å²) in [6.07, 6.45) is 3.13. The number of benzene rings is 8. The third-order valence-corrected chi connectivity index (χ3v) is 10.6. The van der Waals surface area contributed by atoms with E-state index in [2.05, 4.69) is 54.7 Å². The topological polar surface area (TPSA) is 120 Å². The van der Waals surface area contributed by atoms with Crippen LogP contribution in [0.25, 0.3) is 0 Å². The average molecular weight is 882 g/mol. The monoisotopic (exact) mass is 880 g/mol. The van der Waals surface area contributed by atoms with Crippen molar-refractivity contribution in [2.75, 3.05) is 0 Å². The maximum absolute atomic E-state index is 12.2. The summed E-state index contributed by atoms with van der Waals surface area (Å²) < 4.78 is 0. The molecule has 0 saturated carbocycles. The summed E-state index contributed by atoms with van der Waals surface area (Å²) in [6.45, 7) is 0. The van der Waals surface area contributed by atoms with E-state index in [1.807, 2.05) is 146 Å². The number of hydrogen-bond acceptors (Lipinski definition) is 10. The van der Waals surface area contributed by atoms with Crippen molar-refractivity contribution in [1.29, 1.82) is 0 Å². The summed E-state index contributed by atoms with van der Waals surface area (Å²) in [6, 6.07) is 64.7. The van der Waals surface area contributed by atoms with Gasteiger partial charge in [-0.15, -0.1) is 10.2 Å². The Morgan fingerprint density at radius 3 is 1.08 bits per heavy atom. The molecule has 0 heterocycles. The van der Waals surface area contributed by atoms with Crippen LogP contribution in [-0.2, 0) is 19.5 Å². The van der Waals surface area contributed by atoms with Gasteiger partial charge in [0.05, 0.1) is 34.1 Å². The van der Waals surface area contributed by atoms with Crippen molar-refractivity contribution in [2.45, 2.75) is 19.6 Å². The predicted molar refractivity (Wildman–Crippen MR) is 242 cm³/mol. The fraction of sp³-hybridized carbons (Fsp3) is 0. The molecule has 0 N–H and O–H groups in total. The van der Waals surface area contributed by atoms with Gasteiger partial charge in [-0.3, -0.25) is 9.98 Å². The zero-order valence-corrected chi connectivity index (χ0v) is 37.4. The Labute approximate surface area is 376 Å². The van der Waals surface area contributed by atoms with Gasteiger partial charge >= 0.3 is 19.5 Å². The number of para-hydroxylation sites is 2. The number of aliphatic imine (C=N–C) groups is 2. The molecular formula is C50H36N6O2S2Zn. The minimum Gasteiger partial charge on any atom is -0.872 e. The molecule has 0 amide bonds. The molecule has 0 aliphatic heterocycles. The van der Waals surface area contributed by atoms with Gasteiger partial charge in [-0.05, 0) is 108 Å². The fourth-order valence-electron chi connectivity index (χ4n) is 5.42. The molecule has 8 aromatic rings. The van der Waals surface area contributed by atoms with Crippen LogP contribution in [-0.4, -0.2) is 12.4 Å². The van der Waals surface area contributed by atoms with Gasteiger partial charge in [-0.2, -0.15) is 10.2 Å². The Morgan fingerprint density at radius 2 is 0.689 bits per heavy atom. The van der Waals surface area contributed by atoms with Gasteiger partial charge in [-0.25, -0.2) is 0 Å². The minimum absolute atomic E-state index is 0. The Bertz CT molecular complexity index is 2550. The molecular weight excluding hydrogens is 846 g/mol. The van der Waals surface area contributed by atoms with Crippen LogP contribution in [0, 0.1) is 0 Å². The third-order valence-electron chi connectivity index (χ3n) is 8.42. The molecule has 0 unspecified atom stereocenters. The van der Waals surface area contributed by atoms with Gasteiger partial charge in [0.15, 0.2) is 0 Å². The van der Waals surface area contributed by atoms with E-state index in [1.165, 1.54) is 12.1 Å². The van der Waals surface area contributed by atoms with Crippen molar-refractivity contribution in [3.8, 4) is 11.5 Å². The third kappa shape index (κ3) is 13.6. The first kappa shape index (κ1) is 43.8. The largest absolute Gasteiger partial charge is 2.00 e. The van der Waals surface area contributed by atoms with Crippen LogP contribution in [0.2, 0.25) is 0 Å². The van der Waals surface area contributed by atoms with Crippen LogP contribution in [0.1, 0.15) is 11.1 Å². The predicted octanol–water partition coefficient (Wildman–Crippen LogP) is 14.2. The maximum atomic E-state index is 12.2. The number of nitrogens with zero attached hydrogens (tertiary/aromatic N) is 6. The van der Waals surface area contributed by atoms with Crippen molar-refractivity contribution in [3.63, 3.8) is 0 Å². The molecule has 0 aliphatic rings. The Balaban J connectivity index is 0.000000201. The van der Waals surface area contributed by atoms with E-state index in [1.54, 1.807) is 60.2 Å². The second-order valence-electron chi connectivity index (χ2n) is 12.8. The van der Waals surface area contributed by atoms with Crippen molar-refractivity contribution < 1.29 is 29.7 Å². The summed E-state index contributed by atoms with van der Waals surface area (Å²) >= 11 is 3.27. The van der Waals surface area contributed by atoms with E-state index in [9.17, 15) is 10.2 Å². The van der Waals surface area contributed by atoms with Gasteiger partial charge in [0, 0.05) is 32.0 Å². The molecule has 0 bridgehead atoms. The minimum atomic E-state index is -0.103. The molecule has 292 valence electrons. The quantitative estimate of drug-likeness (QED) is 0.0689. The van der Waals surface area contributed by atoms with Crippen molar-refractivity contribution in [2.24, 2.45) is 30.4 Å². The van der Waals surface area contributed by atoms with Crippen LogP contribution in [0.5, 0.6) is 11.5 Å². The first-order valence-corrected chi connectivity index (χ1v) is 20.5. The number of azo groups is 2. The first-order chi connectivity index (χ1) is 29.6. The van der Waals surface area contributed by atoms with Crippen molar-refractivity contribution >= 4 is 70.1 Å².